The van der Waals surface area contributed by atoms with Gasteiger partial charge in [0.25, 0.3) is 11.5 Å². The maximum absolute atomic E-state index is 12.7. The molecule has 1 aromatic heterocycles. The largest absolute Gasteiger partial charge is 0.493 e. The van der Waals surface area contributed by atoms with Crippen molar-refractivity contribution < 1.29 is 9.53 Å². The smallest absolute Gasteiger partial charge is 0.276 e. The maximum atomic E-state index is 12.7. The molecule has 31 heavy (non-hydrogen) atoms. The number of nitrogens with one attached hydrogen (secondary N) is 1. The fraction of sp³-hybridized carbons (Fsp3) is 0.208. The molecule has 1 N–H and O–H groups in total. The van der Waals surface area contributed by atoms with Gasteiger partial charge in [-0.1, -0.05) is 49.7 Å². The van der Waals surface area contributed by atoms with Crippen molar-refractivity contribution in [1.29, 1.82) is 0 Å². The maximum Gasteiger partial charge on any atom is 0.276 e. The number of hydrogen-bond donors (Lipinski definition) is 1. The molecule has 3 rings (SSSR count). The molecule has 0 aliphatic carbocycles. The monoisotopic (exact) mass is 437 g/mol. The first-order chi connectivity index (χ1) is 14.9. The van der Waals surface area contributed by atoms with Crippen LogP contribution in [0.25, 0.3) is 0 Å². The van der Waals surface area contributed by atoms with E-state index in [4.69, 9.17) is 16.3 Å². The van der Waals surface area contributed by atoms with Crippen molar-refractivity contribution in [1.82, 2.24) is 9.99 Å². The Morgan fingerprint density at radius 2 is 1.87 bits per heavy atom. The van der Waals surface area contributed by atoms with Gasteiger partial charge in [-0.25, -0.2) is 5.43 Å². The van der Waals surface area contributed by atoms with Gasteiger partial charge >= 0.3 is 0 Å². The minimum Gasteiger partial charge on any atom is -0.493 e. The summed E-state index contributed by atoms with van der Waals surface area (Å²) in [5.74, 6) is 0.490. The van der Waals surface area contributed by atoms with E-state index in [9.17, 15) is 9.59 Å². The fourth-order valence-corrected chi connectivity index (χ4v) is 2.94. The molecule has 6 nitrogen and oxygen atoms in total. The zero-order chi connectivity index (χ0) is 22.2. The van der Waals surface area contributed by atoms with E-state index in [-0.39, 0.29) is 5.56 Å². The van der Waals surface area contributed by atoms with Crippen LogP contribution >= 0.6 is 11.6 Å². The number of amides is 1. The highest BCUT2D eigenvalue weighted by Gasteiger charge is 2.12. The summed E-state index contributed by atoms with van der Waals surface area (Å²) in [4.78, 5) is 25.2. The number of para-hydroxylation sites is 1. The molecule has 0 atom stereocenters. The average Bonchev–Trinajstić information content (AvgIpc) is 2.76. The average molecular weight is 438 g/mol. The first-order valence-corrected chi connectivity index (χ1v) is 10.3. The number of pyridine rings is 1. The van der Waals surface area contributed by atoms with Crippen molar-refractivity contribution >= 4 is 23.7 Å². The van der Waals surface area contributed by atoms with Crippen LogP contribution in [-0.4, -0.2) is 23.3 Å². The number of benzene rings is 2. The fourth-order valence-electron chi connectivity index (χ4n) is 2.82. The second-order valence-corrected chi connectivity index (χ2v) is 7.86. The van der Waals surface area contributed by atoms with Crippen molar-refractivity contribution in [3.05, 3.63) is 98.9 Å². The summed E-state index contributed by atoms with van der Waals surface area (Å²) in [5, 5.41) is 4.63. The van der Waals surface area contributed by atoms with Gasteiger partial charge < -0.3 is 9.30 Å². The van der Waals surface area contributed by atoms with Crippen LogP contribution < -0.4 is 15.7 Å². The van der Waals surface area contributed by atoms with Gasteiger partial charge in [-0.3, -0.25) is 9.59 Å². The number of halogens is 1. The highest BCUT2D eigenvalue weighted by Crippen LogP contribution is 2.16. The minimum absolute atomic E-state index is 0.0120. The van der Waals surface area contributed by atoms with Gasteiger partial charge in [0.1, 0.15) is 11.3 Å². The molecule has 0 aliphatic rings. The third-order valence-corrected chi connectivity index (χ3v) is 4.64. The number of hydrazone groups is 1. The lowest BCUT2D eigenvalue weighted by Crippen LogP contribution is -2.30. The van der Waals surface area contributed by atoms with Gasteiger partial charge in [-0.15, -0.1) is 0 Å². The third kappa shape index (κ3) is 6.30. The van der Waals surface area contributed by atoms with Gasteiger partial charge in [0.2, 0.25) is 0 Å². The Balaban J connectivity index is 1.70. The Morgan fingerprint density at radius 1 is 1.13 bits per heavy atom. The van der Waals surface area contributed by atoms with Crippen molar-refractivity contribution in [2.45, 2.75) is 20.4 Å². The number of rotatable bonds is 8. The number of carbonyl (C=O) groups excluding carboxylic acids is 1. The molecule has 2 aromatic carbocycles. The highest BCUT2D eigenvalue weighted by molar-refractivity contribution is 6.30. The van der Waals surface area contributed by atoms with Gasteiger partial charge in [0.05, 0.1) is 19.4 Å². The van der Waals surface area contributed by atoms with Crippen LogP contribution in [0.3, 0.4) is 0 Å². The molecule has 0 fully saturated rings. The van der Waals surface area contributed by atoms with Crippen LogP contribution in [-0.2, 0) is 6.54 Å². The zero-order valence-electron chi connectivity index (χ0n) is 17.4. The van der Waals surface area contributed by atoms with E-state index >= 15 is 0 Å². The third-order valence-electron chi connectivity index (χ3n) is 4.39. The Bertz CT molecular complexity index is 1120. The summed E-state index contributed by atoms with van der Waals surface area (Å²) >= 11 is 5.90. The number of nitrogens with zero attached hydrogens (tertiary/aromatic N) is 2. The van der Waals surface area contributed by atoms with E-state index in [1.807, 2.05) is 36.4 Å². The topological polar surface area (TPSA) is 72.7 Å². The molecule has 0 unspecified atom stereocenters. The molecule has 0 spiro atoms. The Hall–Kier alpha value is -3.38. The molecule has 1 amide bonds. The Morgan fingerprint density at radius 3 is 2.61 bits per heavy atom. The molecule has 3 aromatic rings. The quantitative estimate of drug-likeness (QED) is 0.420. The second-order valence-electron chi connectivity index (χ2n) is 7.42. The molecule has 7 heteroatoms. The Labute approximate surface area is 186 Å². The van der Waals surface area contributed by atoms with Gasteiger partial charge in [0, 0.05) is 16.8 Å². The summed E-state index contributed by atoms with van der Waals surface area (Å²) in [6.07, 6.45) is 3.14. The number of hydrogen-bond acceptors (Lipinski definition) is 4. The van der Waals surface area contributed by atoms with Crippen LogP contribution in [0.15, 0.2) is 76.8 Å². The Kier molecular flexibility index (Phi) is 7.62. The van der Waals surface area contributed by atoms with E-state index in [1.165, 1.54) is 16.8 Å². The lowest BCUT2D eigenvalue weighted by molar-refractivity contribution is 0.0953. The standard InChI is InChI=1S/C24H24ClN3O3/c1-17(2)16-31-22-8-4-3-6-19(22)14-26-27-23(29)21-7-5-13-28(24(21)30)15-18-9-11-20(25)12-10-18/h3-14,17H,15-16H2,1-2H3,(H,27,29)/b26-14-. The van der Waals surface area contributed by atoms with Crippen molar-refractivity contribution in [2.75, 3.05) is 6.61 Å². The van der Waals surface area contributed by atoms with E-state index < -0.39 is 11.5 Å². The van der Waals surface area contributed by atoms with Crippen LogP contribution in [0, 0.1) is 5.92 Å². The number of aromatic nitrogens is 1. The van der Waals surface area contributed by atoms with Crippen LogP contribution in [0.2, 0.25) is 5.02 Å². The summed E-state index contributed by atoms with van der Waals surface area (Å²) in [5.41, 5.74) is 3.67. The summed E-state index contributed by atoms with van der Waals surface area (Å²) < 4.78 is 7.24. The van der Waals surface area contributed by atoms with E-state index in [0.717, 1.165) is 11.1 Å². The molecule has 0 radical (unpaired) electrons. The molecule has 0 saturated heterocycles. The molecule has 0 aliphatic heterocycles. The normalized spacial score (nSPS) is 11.1. The predicted molar refractivity (Wildman–Crippen MR) is 123 cm³/mol. The first kappa shape index (κ1) is 22.3. The highest BCUT2D eigenvalue weighted by atomic mass is 35.5. The van der Waals surface area contributed by atoms with Crippen LogP contribution in [0.5, 0.6) is 5.75 Å². The minimum atomic E-state index is -0.577. The SMILES string of the molecule is CC(C)COc1ccccc1/C=N\NC(=O)c1cccn(Cc2ccc(Cl)cc2)c1=O. The molecular weight excluding hydrogens is 414 g/mol. The lowest BCUT2D eigenvalue weighted by Gasteiger charge is -2.10. The van der Waals surface area contributed by atoms with E-state index in [2.05, 4.69) is 24.4 Å². The number of carbonyl (C=O) groups is 1. The van der Waals surface area contributed by atoms with Crippen LogP contribution in [0.1, 0.15) is 35.3 Å². The summed E-state index contributed by atoms with van der Waals surface area (Å²) in [7, 11) is 0. The zero-order valence-corrected chi connectivity index (χ0v) is 18.2. The second kappa shape index (κ2) is 10.6. The van der Waals surface area contributed by atoms with Gasteiger partial charge in [0.15, 0.2) is 0 Å². The van der Waals surface area contributed by atoms with Crippen LogP contribution in [0.4, 0.5) is 0 Å². The van der Waals surface area contributed by atoms with E-state index in [1.54, 1.807) is 24.4 Å². The van der Waals surface area contributed by atoms with Gasteiger partial charge in [-0.2, -0.15) is 5.10 Å². The number of ether oxygens (including phenoxy) is 1. The van der Waals surface area contributed by atoms with Crippen molar-refractivity contribution in [2.24, 2.45) is 11.0 Å². The first-order valence-electron chi connectivity index (χ1n) is 9.93. The van der Waals surface area contributed by atoms with E-state index in [0.29, 0.717) is 29.8 Å². The molecule has 0 bridgehead atoms. The molecule has 0 saturated carbocycles. The lowest BCUT2D eigenvalue weighted by atomic mass is 10.2. The molecule has 160 valence electrons. The predicted octanol–water partition coefficient (Wildman–Crippen LogP) is 4.35. The van der Waals surface area contributed by atoms with Crippen molar-refractivity contribution in [3.63, 3.8) is 0 Å². The van der Waals surface area contributed by atoms with Gasteiger partial charge in [-0.05, 0) is 47.9 Å². The molecule has 1 heterocycles. The van der Waals surface area contributed by atoms with Crippen molar-refractivity contribution in [3.8, 4) is 5.75 Å². The summed E-state index contributed by atoms with van der Waals surface area (Å²) in [6, 6.07) is 17.7. The molecular formula is C24H24ClN3O3. The summed E-state index contributed by atoms with van der Waals surface area (Å²) in [6.45, 7) is 5.04.